The lowest BCUT2D eigenvalue weighted by Crippen LogP contribution is -2.34. The Balaban J connectivity index is 2.36. The van der Waals surface area contributed by atoms with E-state index >= 15 is 0 Å². The monoisotopic (exact) mass is 208 g/mol. The Labute approximate surface area is 82.3 Å². The van der Waals surface area contributed by atoms with Crippen molar-refractivity contribution in [3.8, 4) is 0 Å². The van der Waals surface area contributed by atoms with Gasteiger partial charge in [0.25, 0.3) is 0 Å². The van der Waals surface area contributed by atoms with E-state index in [0.717, 1.165) is 0 Å². The summed E-state index contributed by atoms with van der Waals surface area (Å²) in [6.07, 6.45) is -1.54. The van der Waals surface area contributed by atoms with E-state index in [-0.39, 0.29) is 13.2 Å². The molecule has 0 spiro atoms. The van der Waals surface area contributed by atoms with Gasteiger partial charge in [-0.05, 0) is 0 Å². The summed E-state index contributed by atoms with van der Waals surface area (Å²) in [6, 6.07) is 0. The zero-order chi connectivity index (χ0) is 10.2. The third-order valence-electron chi connectivity index (χ3n) is 1.66. The van der Waals surface area contributed by atoms with Gasteiger partial charge in [0.2, 0.25) is 0 Å². The quantitative estimate of drug-likeness (QED) is 0.587. The van der Waals surface area contributed by atoms with Crippen molar-refractivity contribution in [2.75, 3.05) is 39.6 Å². The van der Waals surface area contributed by atoms with Crippen LogP contribution in [0.25, 0.3) is 0 Å². The second-order valence-electron chi connectivity index (χ2n) is 2.71. The molecule has 1 aliphatic rings. The second kappa shape index (κ2) is 7.10. The molecule has 0 amide bonds. The van der Waals surface area contributed by atoms with Gasteiger partial charge < -0.3 is 29.2 Å². The van der Waals surface area contributed by atoms with Gasteiger partial charge in [-0.25, -0.2) is 0 Å². The van der Waals surface area contributed by atoms with Crippen molar-refractivity contribution in [2.45, 2.75) is 12.6 Å². The van der Waals surface area contributed by atoms with Crippen LogP contribution in [0.2, 0.25) is 0 Å². The molecule has 84 valence electrons. The van der Waals surface area contributed by atoms with Crippen molar-refractivity contribution in [1.29, 1.82) is 0 Å². The summed E-state index contributed by atoms with van der Waals surface area (Å²) in [6.45, 7) is 1.02. The van der Waals surface area contributed by atoms with Gasteiger partial charge in [-0.15, -0.1) is 0 Å². The lowest BCUT2D eigenvalue weighted by molar-refractivity contribution is -0.274. The van der Waals surface area contributed by atoms with Gasteiger partial charge in [0.1, 0.15) is 0 Å². The Morgan fingerprint density at radius 1 is 0.857 bits per heavy atom. The number of hydrogen-bond acceptors (Lipinski definition) is 6. The van der Waals surface area contributed by atoms with E-state index < -0.39 is 12.6 Å². The summed E-state index contributed by atoms with van der Waals surface area (Å²) in [5.74, 6) is 0. The maximum Gasteiger partial charge on any atom is 0.183 e. The summed E-state index contributed by atoms with van der Waals surface area (Å²) < 4.78 is 20.5. The van der Waals surface area contributed by atoms with Crippen LogP contribution in [-0.4, -0.2) is 62.4 Å². The van der Waals surface area contributed by atoms with Crippen LogP contribution in [0.5, 0.6) is 0 Å². The summed E-state index contributed by atoms with van der Waals surface area (Å²) in [7, 11) is 0. The molecule has 1 rings (SSSR count). The fourth-order valence-corrected chi connectivity index (χ4v) is 1.02. The van der Waals surface area contributed by atoms with Crippen LogP contribution in [-0.2, 0) is 18.9 Å². The lowest BCUT2D eigenvalue weighted by atomic mass is 10.6. The van der Waals surface area contributed by atoms with E-state index in [1.165, 1.54) is 0 Å². The maximum atomic E-state index is 8.86. The Morgan fingerprint density at radius 2 is 1.36 bits per heavy atom. The molecular formula is C8H16O6. The molecule has 0 aliphatic carbocycles. The molecule has 6 heteroatoms. The number of aliphatic hydroxyl groups excluding tert-OH is 2. The minimum atomic E-state index is -0.770. The minimum Gasteiger partial charge on any atom is -0.391 e. The van der Waals surface area contributed by atoms with Gasteiger partial charge in [0.05, 0.1) is 39.6 Å². The van der Waals surface area contributed by atoms with Gasteiger partial charge in [0.15, 0.2) is 12.6 Å². The zero-order valence-corrected chi connectivity index (χ0v) is 7.92. The predicted molar refractivity (Wildman–Crippen MR) is 45.6 cm³/mol. The van der Waals surface area contributed by atoms with Crippen LogP contribution < -0.4 is 0 Å². The first-order valence-corrected chi connectivity index (χ1v) is 4.55. The largest absolute Gasteiger partial charge is 0.391 e. The summed E-state index contributed by atoms with van der Waals surface area (Å²) >= 11 is 0. The fourth-order valence-electron chi connectivity index (χ4n) is 1.02. The number of ether oxygens (including phenoxy) is 4. The highest BCUT2D eigenvalue weighted by Crippen LogP contribution is 2.03. The van der Waals surface area contributed by atoms with Gasteiger partial charge in [-0.2, -0.15) is 0 Å². The molecule has 1 heterocycles. The highest BCUT2D eigenvalue weighted by Gasteiger charge is 2.17. The highest BCUT2D eigenvalue weighted by atomic mass is 16.8. The molecule has 6 nitrogen and oxygen atoms in total. The normalized spacial score (nSPS) is 31.3. The second-order valence-corrected chi connectivity index (χ2v) is 2.71. The molecule has 0 saturated carbocycles. The number of aliphatic hydroxyl groups is 2. The van der Waals surface area contributed by atoms with Crippen molar-refractivity contribution in [3.63, 3.8) is 0 Å². The third kappa shape index (κ3) is 4.32. The van der Waals surface area contributed by atoms with E-state index in [1.54, 1.807) is 0 Å². The van der Waals surface area contributed by atoms with Crippen molar-refractivity contribution < 1.29 is 29.2 Å². The molecule has 2 N–H and O–H groups in total. The molecule has 0 aromatic rings. The number of hydrogen-bond donors (Lipinski definition) is 2. The molecule has 0 bridgehead atoms. The van der Waals surface area contributed by atoms with Crippen LogP contribution in [0, 0.1) is 0 Å². The van der Waals surface area contributed by atoms with Crippen molar-refractivity contribution >= 4 is 0 Å². The molecule has 0 aromatic carbocycles. The van der Waals surface area contributed by atoms with E-state index in [1.807, 2.05) is 0 Å². The Hall–Kier alpha value is -0.240. The van der Waals surface area contributed by atoms with Gasteiger partial charge in [-0.1, -0.05) is 0 Å². The minimum absolute atomic E-state index is 0.278. The Bertz CT molecular complexity index is 128. The van der Waals surface area contributed by atoms with E-state index in [9.17, 15) is 0 Å². The fraction of sp³-hybridized carbons (Fsp3) is 1.00. The van der Waals surface area contributed by atoms with Crippen molar-refractivity contribution in [1.82, 2.24) is 0 Å². The molecular weight excluding hydrogens is 192 g/mol. The lowest BCUT2D eigenvalue weighted by Gasteiger charge is -2.24. The summed E-state index contributed by atoms with van der Waals surface area (Å²) in [5.41, 5.74) is 0. The third-order valence-corrected chi connectivity index (χ3v) is 1.66. The average Bonchev–Trinajstić information content (AvgIpc) is 2.25. The van der Waals surface area contributed by atoms with E-state index in [0.29, 0.717) is 26.4 Å². The van der Waals surface area contributed by atoms with Crippen LogP contribution in [0.3, 0.4) is 0 Å². The van der Waals surface area contributed by atoms with Gasteiger partial charge >= 0.3 is 0 Å². The van der Waals surface area contributed by atoms with Crippen molar-refractivity contribution in [2.24, 2.45) is 0 Å². The molecule has 0 radical (unpaired) electrons. The summed E-state index contributed by atoms with van der Waals surface area (Å²) in [5, 5.41) is 17.7. The van der Waals surface area contributed by atoms with Crippen LogP contribution in [0.4, 0.5) is 0 Å². The molecule has 1 saturated heterocycles. The molecule has 0 aromatic heterocycles. The Kier molecular flexibility index (Phi) is 6.00. The first-order chi connectivity index (χ1) is 6.86. The van der Waals surface area contributed by atoms with Crippen LogP contribution >= 0.6 is 0 Å². The van der Waals surface area contributed by atoms with Crippen LogP contribution in [0.15, 0.2) is 0 Å². The Morgan fingerprint density at radius 3 is 1.79 bits per heavy atom. The zero-order valence-electron chi connectivity index (χ0n) is 7.92. The first kappa shape index (κ1) is 11.8. The van der Waals surface area contributed by atoms with Crippen LogP contribution in [0.1, 0.15) is 0 Å². The molecule has 1 fully saturated rings. The number of rotatable bonds is 2. The SMILES string of the molecule is OCC1OCCOCCOC(CO)O1. The topological polar surface area (TPSA) is 77.4 Å². The smallest absolute Gasteiger partial charge is 0.183 e. The predicted octanol–water partition coefficient (Wildman–Crippen LogP) is -1.30. The van der Waals surface area contributed by atoms with E-state index in [4.69, 9.17) is 29.2 Å². The maximum absolute atomic E-state index is 8.86. The summed E-state index contributed by atoms with van der Waals surface area (Å²) in [4.78, 5) is 0. The first-order valence-electron chi connectivity index (χ1n) is 4.55. The molecule has 2 unspecified atom stereocenters. The molecule has 14 heavy (non-hydrogen) atoms. The molecule has 1 aliphatic heterocycles. The van der Waals surface area contributed by atoms with E-state index in [2.05, 4.69) is 0 Å². The van der Waals surface area contributed by atoms with Crippen molar-refractivity contribution in [3.05, 3.63) is 0 Å². The van der Waals surface area contributed by atoms with Gasteiger partial charge in [0, 0.05) is 0 Å². The average molecular weight is 208 g/mol. The van der Waals surface area contributed by atoms with Gasteiger partial charge in [-0.3, -0.25) is 0 Å². The standard InChI is InChI=1S/C8H16O6/c9-5-7-12-3-1-11-2-4-13-8(6-10)14-7/h7-10H,1-6H2. The highest BCUT2D eigenvalue weighted by molar-refractivity contribution is 4.48. The molecule has 2 atom stereocenters.